The van der Waals surface area contributed by atoms with Gasteiger partial charge >= 0.3 is 12.0 Å². The largest absolute Gasteiger partial charge is 0.481 e. The molecule has 3 amide bonds. The fourth-order valence-corrected chi connectivity index (χ4v) is 1.85. The molecule has 1 rings (SSSR count). The summed E-state index contributed by atoms with van der Waals surface area (Å²) in [4.78, 5) is 33.5. The summed E-state index contributed by atoms with van der Waals surface area (Å²) in [6.45, 7) is 2.69. The van der Waals surface area contributed by atoms with Crippen LogP contribution in [0.25, 0.3) is 0 Å². The summed E-state index contributed by atoms with van der Waals surface area (Å²) in [5, 5.41) is 16.6. The van der Waals surface area contributed by atoms with Crippen molar-refractivity contribution in [3.8, 4) is 0 Å². The molecule has 1 aliphatic rings. The van der Waals surface area contributed by atoms with E-state index in [-0.39, 0.29) is 11.9 Å². The van der Waals surface area contributed by atoms with Gasteiger partial charge < -0.3 is 21.1 Å². The predicted octanol–water partition coefficient (Wildman–Crippen LogP) is 0.0651. The number of rotatable bonds is 6. The Balaban J connectivity index is 2.14. The highest BCUT2D eigenvalue weighted by molar-refractivity contribution is 5.87. The molecular formula is C12H21N3O4. The molecule has 1 saturated heterocycles. The molecule has 2 unspecified atom stereocenters. The first-order chi connectivity index (χ1) is 9.00. The molecule has 4 N–H and O–H groups in total. The third kappa shape index (κ3) is 5.58. The number of piperidine rings is 1. The van der Waals surface area contributed by atoms with Crippen LogP contribution in [-0.4, -0.2) is 42.1 Å². The van der Waals surface area contributed by atoms with E-state index in [9.17, 15) is 14.4 Å². The fourth-order valence-electron chi connectivity index (χ4n) is 1.85. The fraction of sp³-hybridized carbons (Fsp3) is 0.750. The smallest absolute Gasteiger partial charge is 0.315 e. The van der Waals surface area contributed by atoms with Gasteiger partial charge in [-0.25, -0.2) is 4.79 Å². The van der Waals surface area contributed by atoms with Crippen LogP contribution in [0.4, 0.5) is 4.79 Å². The number of carbonyl (C=O) groups is 3. The highest BCUT2D eigenvalue weighted by Gasteiger charge is 2.23. The molecule has 7 heteroatoms. The number of hydrogen-bond donors (Lipinski definition) is 4. The lowest BCUT2D eigenvalue weighted by molar-refractivity contribution is -0.141. The summed E-state index contributed by atoms with van der Waals surface area (Å²) in [7, 11) is 0. The van der Waals surface area contributed by atoms with E-state index < -0.39 is 17.9 Å². The molecule has 0 bridgehead atoms. The molecule has 0 aromatic carbocycles. The third-order valence-corrected chi connectivity index (χ3v) is 3.11. The van der Waals surface area contributed by atoms with E-state index in [0.29, 0.717) is 32.4 Å². The monoisotopic (exact) mass is 271 g/mol. The standard InChI is InChI=1S/C12H21N3O4/c1-8(11(17)18)4-2-7-14-12(19)15-9-5-3-6-13-10(9)16/h8-9H,2-7H2,1H3,(H,13,16)(H,17,18)(H2,14,15,19). The molecule has 0 aromatic heterocycles. The highest BCUT2D eigenvalue weighted by atomic mass is 16.4. The van der Waals surface area contributed by atoms with Gasteiger partial charge in [-0.2, -0.15) is 0 Å². The number of hydrogen-bond acceptors (Lipinski definition) is 3. The first-order valence-electron chi connectivity index (χ1n) is 6.55. The van der Waals surface area contributed by atoms with Gasteiger partial charge in [-0.3, -0.25) is 9.59 Å². The Labute approximate surface area is 112 Å². The SMILES string of the molecule is CC(CCCNC(=O)NC1CCCNC1=O)C(=O)O. The van der Waals surface area contributed by atoms with Crippen molar-refractivity contribution in [2.45, 2.75) is 38.6 Å². The van der Waals surface area contributed by atoms with E-state index in [1.807, 2.05) is 0 Å². The highest BCUT2D eigenvalue weighted by Crippen LogP contribution is 2.04. The molecule has 108 valence electrons. The zero-order valence-corrected chi connectivity index (χ0v) is 11.1. The Morgan fingerprint density at radius 3 is 2.89 bits per heavy atom. The molecule has 19 heavy (non-hydrogen) atoms. The van der Waals surface area contributed by atoms with Crippen LogP contribution in [0.2, 0.25) is 0 Å². The van der Waals surface area contributed by atoms with Gasteiger partial charge in [0, 0.05) is 13.1 Å². The van der Waals surface area contributed by atoms with Gasteiger partial charge in [0.25, 0.3) is 0 Å². The Bertz CT molecular complexity index is 346. The van der Waals surface area contributed by atoms with Crippen molar-refractivity contribution in [3.63, 3.8) is 0 Å². The average Bonchev–Trinajstić information content (AvgIpc) is 2.37. The molecule has 0 radical (unpaired) electrons. The third-order valence-electron chi connectivity index (χ3n) is 3.11. The van der Waals surface area contributed by atoms with E-state index in [2.05, 4.69) is 16.0 Å². The number of carbonyl (C=O) groups excluding carboxylic acids is 2. The van der Waals surface area contributed by atoms with Gasteiger partial charge in [0.05, 0.1) is 5.92 Å². The normalized spacial score (nSPS) is 20.3. The first-order valence-corrected chi connectivity index (χ1v) is 6.55. The quantitative estimate of drug-likeness (QED) is 0.512. The lowest BCUT2D eigenvalue weighted by Crippen LogP contribution is -2.52. The molecule has 7 nitrogen and oxygen atoms in total. The van der Waals surface area contributed by atoms with Crippen molar-refractivity contribution < 1.29 is 19.5 Å². The van der Waals surface area contributed by atoms with Crippen molar-refractivity contribution in [2.24, 2.45) is 5.92 Å². The zero-order chi connectivity index (χ0) is 14.3. The summed E-state index contributed by atoms with van der Waals surface area (Å²) in [6, 6.07) is -0.850. The van der Waals surface area contributed by atoms with Crippen LogP contribution in [-0.2, 0) is 9.59 Å². The van der Waals surface area contributed by atoms with E-state index in [0.717, 1.165) is 6.42 Å². The van der Waals surface area contributed by atoms with Crippen LogP contribution in [0.5, 0.6) is 0 Å². The van der Waals surface area contributed by atoms with Crippen molar-refractivity contribution in [1.29, 1.82) is 0 Å². The van der Waals surface area contributed by atoms with Gasteiger partial charge in [0.1, 0.15) is 6.04 Å². The Morgan fingerprint density at radius 1 is 1.53 bits per heavy atom. The average molecular weight is 271 g/mol. The number of carboxylic acid groups (broad SMARTS) is 1. The molecule has 2 atom stereocenters. The van der Waals surface area contributed by atoms with Crippen molar-refractivity contribution in [1.82, 2.24) is 16.0 Å². The van der Waals surface area contributed by atoms with Crippen LogP contribution in [0.1, 0.15) is 32.6 Å². The molecular weight excluding hydrogens is 250 g/mol. The molecule has 0 aliphatic carbocycles. The van der Waals surface area contributed by atoms with Crippen LogP contribution in [0.3, 0.4) is 0 Å². The van der Waals surface area contributed by atoms with Crippen LogP contribution >= 0.6 is 0 Å². The zero-order valence-electron chi connectivity index (χ0n) is 11.1. The van der Waals surface area contributed by atoms with Gasteiger partial charge in [-0.15, -0.1) is 0 Å². The van der Waals surface area contributed by atoms with Gasteiger partial charge in [0.15, 0.2) is 0 Å². The van der Waals surface area contributed by atoms with Crippen molar-refractivity contribution in [2.75, 3.05) is 13.1 Å². The minimum atomic E-state index is -0.830. The maximum absolute atomic E-state index is 11.5. The van der Waals surface area contributed by atoms with E-state index >= 15 is 0 Å². The minimum Gasteiger partial charge on any atom is -0.481 e. The maximum Gasteiger partial charge on any atom is 0.315 e. The number of carboxylic acids is 1. The molecule has 0 spiro atoms. The Morgan fingerprint density at radius 2 is 2.26 bits per heavy atom. The Hall–Kier alpha value is -1.79. The Kier molecular flexibility index (Phi) is 6.11. The molecule has 0 aromatic rings. The second-order valence-corrected chi connectivity index (χ2v) is 4.77. The number of aliphatic carboxylic acids is 1. The van der Waals surface area contributed by atoms with Crippen LogP contribution in [0, 0.1) is 5.92 Å². The predicted molar refractivity (Wildman–Crippen MR) is 68.6 cm³/mol. The van der Waals surface area contributed by atoms with Crippen LogP contribution < -0.4 is 16.0 Å². The maximum atomic E-state index is 11.5. The minimum absolute atomic E-state index is 0.152. The molecule has 1 aliphatic heterocycles. The second-order valence-electron chi connectivity index (χ2n) is 4.77. The topological polar surface area (TPSA) is 108 Å². The van der Waals surface area contributed by atoms with Crippen molar-refractivity contribution >= 4 is 17.9 Å². The van der Waals surface area contributed by atoms with E-state index in [1.165, 1.54) is 0 Å². The summed E-state index contributed by atoms with van der Waals surface area (Å²) in [5.41, 5.74) is 0. The molecule has 1 heterocycles. The number of amides is 3. The van der Waals surface area contributed by atoms with Gasteiger partial charge in [-0.05, 0) is 25.7 Å². The summed E-state index contributed by atoms with van der Waals surface area (Å²) in [5.74, 6) is -1.39. The van der Waals surface area contributed by atoms with E-state index in [4.69, 9.17) is 5.11 Å². The summed E-state index contributed by atoms with van der Waals surface area (Å²) < 4.78 is 0. The lowest BCUT2D eigenvalue weighted by atomic mass is 10.1. The van der Waals surface area contributed by atoms with Gasteiger partial charge in [-0.1, -0.05) is 6.92 Å². The lowest BCUT2D eigenvalue weighted by Gasteiger charge is -2.22. The van der Waals surface area contributed by atoms with Gasteiger partial charge in [0.2, 0.25) is 5.91 Å². The first kappa shape index (κ1) is 15.3. The molecule has 1 fully saturated rings. The number of urea groups is 1. The van der Waals surface area contributed by atoms with E-state index in [1.54, 1.807) is 6.92 Å². The second kappa shape index (κ2) is 7.60. The van der Waals surface area contributed by atoms with Crippen molar-refractivity contribution in [3.05, 3.63) is 0 Å². The van der Waals surface area contributed by atoms with Crippen LogP contribution in [0.15, 0.2) is 0 Å². The summed E-state index contributed by atoms with van der Waals surface area (Å²) in [6.07, 6.45) is 2.61. The summed E-state index contributed by atoms with van der Waals surface area (Å²) >= 11 is 0. The number of nitrogens with one attached hydrogen (secondary N) is 3. The molecule has 0 saturated carbocycles.